The Morgan fingerprint density at radius 3 is 2.79 bits per heavy atom. The minimum Gasteiger partial charge on any atom is -0.460 e. The number of halogens is 1. The predicted octanol–water partition coefficient (Wildman–Crippen LogP) is 2.68. The van der Waals surface area contributed by atoms with Crippen LogP contribution in [0.5, 0.6) is 0 Å². The molecule has 1 aromatic carbocycles. The summed E-state index contributed by atoms with van der Waals surface area (Å²) in [4.78, 5) is 12.0. The van der Waals surface area contributed by atoms with Crippen molar-refractivity contribution in [2.45, 2.75) is 44.4 Å². The van der Waals surface area contributed by atoms with Crippen LogP contribution in [0.2, 0.25) is 0 Å². The molecule has 0 bridgehead atoms. The molecule has 3 atom stereocenters. The second-order valence-electron chi connectivity index (χ2n) is 5.35. The van der Waals surface area contributed by atoms with Gasteiger partial charge in [0, 0.05) is 6.04 Å². The summed E-state index contributed by atoms with van der Waals surface area (Å²) in [6, 6.07) is 10.3. The highest BCUT2D eigenvalue weighted by Gasteiger charge is 2.40. The third-order valence-corrected chi connectivity index (χ3v) is 4.12. The zero-order valence-corrected chi connectivity index (χ0v) is 11.7. The fraction of sp³-hybridized carbons (Fsp3) is 0.533. The smallest absolute Gasteiger partial charge is 0.323 e. The van der Waals surface area contributed by atoms with Crippen molar-refractivity contribution in [1.29, 1.82) is 0 Å². The molecule has 1 aromatic rings. The van der Waals surface area contributed by atoms with Crippen molar-refractivity contribution in [3.63, 3.8) is 0 Å². The van der Waals surface area contributed by atoms with Crippen LogP contribution in [0, 0.1) is 5.92 Å². The first kappa shape index (κ1) is 14.4. The molecule has 0 aromatic heterocycles. The Morgan fingerprint density at radius 1 is 1.26 bits per heavy atom. The molecule has 1 aliphatic heterocycles. The lowest BCUT2D eigenvalue weighted by atomic mass is 10.0. The molecular formula is C15H20ClNO2. The summed E-state index contributed by atoms with van der Waals surface area (Å²) in [7, 11) is 0. The van der Waals surface area contributed by atoms with Crippen LogP contribution in [0.15, 0.2) is 30.3 Å². The van der Waals surface area contributed by atoms with E-state index in [1.807, 2.05) is 30.3 Å². The first-order valence-corrected chi connectivity index (χ1v) is 6.79. The molecule has 1 saturated carbocycles. The van der Waals surface area contributed by atoms with E-state index in [-0.39, 0.29) is 24.4 Å². The summed E-state index contributed by atoms with van der Waals surface area (Å²) in [5, 5.41) is 3.41. The molecule has 1 aliphatic carbocycles. The van der Waals surface area contributed by atoms with E-state index in [4.69, 9.17) is 4.74 Å². The van der Waals surface area contributed by atoms with Gasteiger partial charge in [-0.2, -0.15) is 0 Å². The number of carbonyl (C=O) groups excluding carboxylic acids is 1. The molecule has 0 amide bonds. The number of hydrogen-bond donors (Lipinski definition) is 1. The minimum absolute atomic E-state index is 0. The van der Waals surface area contributed by atoms with E-state index in [9.17, 15) is 4.79 Å². The second-order valence-corrected chi connectivity index (χ2v) is 5.35. The standard InChI is InChI=1S/C15H19NO2.ClH/c17-15(18-10-11-5-2-1-3-6-11)14-9-12-7-4-8-13(12)16-14;/h1-3,5-6,12-14,16H,4,7-10H2;1H/t12-,13-,14+;/m1./s1. The lowest BCUT2D eigenvalue weighted by molar-refractivity contribution is -0.147. The molecule has 1 heterocycles. The van der Waals surface area contributed by atoms with Crippen LogP contribution < -0.4 is 5.32 Å². The number of fused-ring (bicyclic) bond motifs is 1. The summed E-state index contributed by atoms with van der Waals surface area (Å²) in [5.74, 6) is 0.604. The van der Waals surface area contributed by atoms with E-state index in [1.165, 1.54) is 19.3 Å². The number of nitrogens with one attached hydrogen (secondary N) is 1. The second kappa shape index (κ2) is 6.40. The van der Waals surface area contributed by atoms with Gasteiger partial charge in [0.2, 0.25) is 0 Å². The van der Waals surface area contributed by atoms with Crippen molar-refractivity contribution in [2.75, 3.05) is 0 Å². The van der Waals surface area contributed by atoms with Gasteiger partial charge in [0.25, 0.3) is 0 Å². The molecule has 2 fully saturated rings. The maximum Gasteiger partial charge on any atom is 0.323 e. The van der Waals surface area contributed by atoms with Crippen molar-refractivity contribution in [3.8, 4) is 0 Å². The van der Waals surface area contributed by atoms with Gasteiger partial charge in [-0.15, -0.1) is 12.4 Å². The monoisotopic (exact) mass is 281 g/mol. The summed E-state index contributed by atoms with van der Waals surface area (Å²) >= 11 is 0. The summed E-state index contributed by atoms with van der Waals surface area (Å²) < 4.78 is 5.38. The Kier molecular flexibility index (Phi) is 4.83. The third kappa shape index (κ3) is 3.28. The van der Waals surface area contributed by atoms with Crippen LogP contribution in [-0.2, 0) is 16.1 Å². The van der Waals surface area contributed by atoms with Gasteiger partial charge in [-0.1, -0.05) is 36.8 Å². The first-order valence-electron chi connectivity index (χ1n) is 6.79. The molecule has 104 valence electrons. The molecule has 1 saturated heterocycles. The maximum atomic E-state index is 12.0. The van der Waals surface area contributed by atoms with Crippen LogP contribution in [0.4, 0.5) is 0 Å². The number of esters is 1. The highest BCUT2D eigenvalue weighted by Crippen LogP contribution is 2.34. The molecule has 4 heteroatoms. The fourth-order valence-electron chi connectivity index (χ4n) is 3.16. The predicted molar refractivity (Wildman–Crippen MR) is 76.2 cm³/mol. The van der Waals surface area contributed by atoms with E-state index >= 15 is 0 Å². The van der Waals surface area contributed by atoms with E-state index in [0.717, 1.165) is 12.0 Å². The number of rotatable bonds is 3. The average molecular weight is 282 g/mol. The van der Waals surface area contributed by atoms with Gasteiger partial charge < -0.3 is 10.1 Å². The third-order valence-electron chi connectivity index (χ3n) is 4.12. The Morgan fingerprint density at radius 2 is 2.05 bits per heavy atom. The van der Waals surface area contributed by atoms with Crippen LogP contribution in [-0.4, -0.2) is 18.1 Å². The lowest BCUT2D eigenvalue weighted by Crippen LogP contribution is -2.36. The Hall–Kier alpha value is -1.06. The summed E-state index contributed by atoms with van der Waals surface area (Å²) in [6.07, 6.45) is 4.74. The molecule has 2 aliphatic rings. The number of ether oxygens (including phenoxy) is 1. The maximum absolute atomic E-state index is 12.0. The van der Waals surface area contributed by atoms with E-state index in [2.05, 4.69) is 5.32 Å². The van der Waals surface area contributed by atoms with Gasteiger partial charge in [0.15, 0.2) is 0 Å². The summed E-state index contributed by atoms with van der Waals surface area (Å²) in [5.41, 5.74) is 1.05. The molecular weight excluding hydrogens is 262 g/mol. The quantitative estimate of drug-likeness (QED) is 0.866. The number of carbonyl (C=O) groups is 1. The molecule has 19 heavy (non-hydrogen) atoms. The topological polar surface area (TPSA) is 38.3 Å². The number of hydrogen-bond acceptors (Lipinski definition) is 3. The fourth-order valence-corrected chi connectivity index (χ4v) is 3.16. The highest BCUT2D eigenvalue weighted by atomic mass is 35.5. The molecule has 0 radical (unpaired) electrons. The largest absolute Gasteiger partial charge is 0.460 e. The van der Waals surface area contributed by atoms with Crippen molar-refractivity contribution >= 4 is 18.4 Å². The molecule has 0 unspecified atom stereocenters. The van der Waals surface area contributed by atoms with Crippen LogP contribution in [0.3, 0.4) is 0 Å². The van der Waals surface area contributed by atoms with Crippen LogP contribution >= 0.6 is 12.4 Å². The van der Waals surface area contributed by atoms with Crippen LogP contribution in [0.1, 0.15) is 31.2 Å². The SMILES string of the molecule is Cl.O=C(OCc1ccccc1)[C@@H]1C[C@H]2CCC[C@H]2N1. The molecule has 0 spiro atoms. The van der Waals surface area contributed by atoms with E-state index in [1.54, 1.807) is 0 Å². The normalized spacial score (nSPS) is 28.5. The van der Waals surface area contributed by atoms with Gasteiger partial charge in [0.1, 0.15) is 12.6 Å². The van der Waals surface area contributed by atoms with Crippen molar-refractivity contribution < 1.29 is 9.53 Å². The zero-order chi connectivity index (χ0) is 12.4. The Balaban J connectivity index is 0.00000133. The molecule has 3 nitrogen and oxygen atoms in total. The number of benzene rings is 1. The van der Waals surface area contributed by atoms with Gasteiger partial charge in [0.05, 0.1) is 0 Å². The minimum atomic E-state index is -0.0896. The molecule has 3 rings (SSSR count). The zero-order valence-electron chi connectivity index (χ0n) is 10.9. The highest BCUT2D eigenvalue weighted by molar-refractivity contribution is 5.85. The van der Waals surface area contributed by atoms with Crippen molar-refractivity contribution in [2.24, 2.45) is 5.92 Å². The van der Waals surface area contributed by atoms with Gasteiger partial charge in [-0.25, -0.2) is 0 Å². The van der Waals surface area contributed by atoms with E-state index < -0.39 is 0 Å². The first-order chi connectivity index (χ1) is 8.83. The van der Waals surface area contributed by atoms with E-state index in [0.29, 0.717) is 18.6 Å². The summed E-state index contributed by atoms with van der Waals surface area (Å²) in [6.45, 7) is 0.382. The van der Waals surface area contributed by atoms with Gasteiger partial charge in [-0.05, 0) is 30.7 Å². The molecule has 1 N–H and O–H groups in total. The Bertz CT molecular complexity index is 411. The average Bonchev–Trinajstić information content (AvgIpc) is 2.98. The van der Waals surface area contributed by atoms with Crippen molar-refractivity contribution in [1.82, 2.24) is 5.32 Å². The van der Waals surface area contributed by atoms with Crippen molar-refractivity contribution in [3.05, 3.63) is 35.9 Å². The van der Waals surface area contributed by atoms with Gasteiger partial charge >= 0.3 is 5.97 Å². The van der Waals surface area contributed by atoms with Crippen LogP contribution in [0.25, 0.3) is 0 Å². The van der Waals surface area contributed by atoms with Gasteiger partial charge in [-0.3, -0.25) is 4.79 Å². The Labute approximate surface area is 120 Å². The lowest BCUT2D eigenvalue weighted by Gasteiger charge is -2.12.